The number of anilines is 2. The van der Waals surface area contributed by atoms with Crippen molar-refractivity contribution in [3.8, 4) is 28.2 Å². The normalized spacial score (nSPS) is 11.1. The van der Waals surface area contributed by atoms with Gasteiger partial charge in [0.15, 0.2) is 17.1 Å². The van der Waals surface area contributed by atoms with Crippen molar-refractivity contribution in [1.29, 1.82) is 0 Å². The number of ether oxygens (including phenoxy) is 3. The highest BCUT2D eigenvalue weighted by atomic mass is 127. The first-order valence-corrected chi connectivity index (χ1v) is 21.6. The molecular weight excluding hydrogens is 1170 g/mol. The number of carbonyl (C=O) groups excluding carboxylic acids is 3. The average molecular weight is 1200 g/mol. The summed E-state index contributed by atoms with van der Waals surface area (Å²) in [6.45, 7) is 0.301. The second-order valence-electron chi connectivity index (χ2n) is 13.0. The Labute approximate surface area is 378 Å². The molecule has 1 aliphatic carbocycles. The Kier molecular flexibility index (Phi) is 13.8. The minimum Gasteiger partial charge on any atom is -0.462 e. The second-order valence-corrected chi connectivity index (χ2v) is 17.5. The molecule has 1 aliphatic heterocycles. The molecule has 0 radical (unpaired) electrons. The molecule has 56 heavy (non-hydrogen) atoms. The van der Waals surface area contributed by atoms with Crippen molar-refractivity contribution < 1.29 is 33.0 Å². The van der Waals surface area contributed by atoms with E-state index >= 15 is 0 Å². The van der Waals surface area contributed by atoms with Crippen molar-refractivity contribution in [2.75, 3.05) is 51.2 Å². The molecule has 288 valence electrons. The SMILES string of the molecule is CN(C)c1ccc(C(=O)OCCCCOC(=O)c2ccccc2-c2c3cc(I)c(=O)c(I)c-3oc3c(I)c(OC(=O)c4ccc(N(C)C)cc4)c(I)cc23)cc1. The van der Waals surface area contributed by atoms with Crippen molar-refractivity contribution in [3.05, 3.63) is 126 Å². The molecule has 1 heterocycles. The first-order chi connectivity index (χ1) is 26.8. The summed E-state index contributed by atoms with van der Waals surface area (Å²) in [4.78, 5) is 56.7. The van der Waals surface area contributed by atoms with Crippen LogP contribution in [-0.2, 0) is 9.47 Å². The Hall–Kier alpha value is -3.50. The van der Waals surface area contributed by atoms with E-state index in [0.29, 0.717) is 83.0 Å². The van der Waals surface area contributed by atoms with Gasteiger partial charge in [0.1, 0.15) is 7.14 Å². The number of hydrogen-bond donors (Lipinski definition) is 0. The molecule has 0 unspecified atom stereocenters. The van der Waals surface area contributed by atoms with Gasteiger partial charge in [-0.1, -0.05) is 18.2 Å². The fourth-order valence-electron chi connectivity index (χ4n) is 5.89. The molecule has 0 saturated carbocycles. The fraction of sp³-hybridized carbons (Fsp3) is 0.190. The lowest BCUT2D eigenvalue weighted by molar-refractivity contribution is 0.0433. The zero-order valence-electron chi connectivity index (χ0n) is 30.6. The lowest BCUT2D eigenvalue weighted by atomic mass is 9.91. The standard InChI is InChI=1S/C42H34I4N2O8/c1-47(2)25-15-11-23(12-16-25)40(50)53-19-7-8-20-54-42(52)28-10-6-5-9-27(28)33-29-21-31(43)36(49)34(45)37(29)55-38-30(33)22-32(44)39(35(38)46)56-41(51)24-13-17-26(18-14-24)48(3)4/h5-6,9-18,21-22H,7-8,19-20H2,1-4H3. The third-order valence-corrected chi connectivity index (χ3v) is 12.4. The van der Waals surface area contributed by atoms with Crippen LogP contribution in [0.4, 0.5) is 11.4 Å². The molecule has 0 aromatic heterocycles. The number of halogens is 4. The van der Waals surface area contributed by atoms with Gasteiger partial charge in [-0.3, -0.25) is 4.79 Å². The second kappa shape index (κ2) is 18.4. The van der Waals surface area contributed by atoms with E-state index < -0.39 is 17.9 Å². The summed E-state index contributed by atoms with van der Waals surface area (Å²) in [5.74, 6) is -0.800. The number of benzene rings is 5. The summed E-state index contributed by atoms with van der Waals surface area (Å²) in [6.07, 6.45) is 0.989. The van der Waals surface area contributed by atoms with Gasteiger partial charge in [0.25, 0.3) is 0 Å². The van der Waals surface area contributed by atoms with Gasteiger partial charge in [-0.25, -0.2) is 14.4 Å². The maximum Gasteiger partial charge on any atom is 0.343 e. The highest BCUT2D eigenvalue weighted by Gasteiger charge is 2.29. The molecule has 0 N–H and O–H groups in total. The van der Waals surface area contributed by atoms with Crippen molar-refractivity contribution >= 4 is 131 Å². The number of fused-ring (bicyclic) bond motifs is 2. The summed E-state index contributed by atoms with van der Waals surface area (Å²) in [5.41, 5.74) is 5.22. The van der Waals surface area contributed by atoms with E-state index in [9.17, 15) is 19.2 Å². The molecule has 0 spiro atoms. The Morgan fingerprint density at radius 1 is 0.643 bits per heavy atom. The first kappa shape index (κ1) is 42.1. The molecular formula is C42H34I4N2O8. The molecule has 14 heteroatoms. The summed E-state index contributed by atoms with van der Waals surface area (Å²) in [5, 5.41) is 0.658. The minimum atomic E-state index is -0.529. The van der Waals surface area contributed by atoms with Crippen LogP contribution in [0.25, 0.3) is 33.4 Å². The Balaban J connectivity index is 1.28. The van der Waals surface area contributed by atoms with Crippen LogP contribution in [0.5, 0.6) is 5.75 Å². The molecule has 6 rings (SSSR count). The molecule has 0 amide bonds. The number of hydrogen-bond acceptors (Lipinski definition) is 10. The van der Waals surface area contributed by atoms with E-state index in [1.807, 2.05) is 126 Å². The van der Waals surface area contributed by atoms with Crippen LogP contribution in [-0.4, -0.2) is 59.3 Å². The van der Waals surface area contributed by atoms with Crippen molar-refractivity contribution in [1.82, 2.24) is 0 Å². The highest BCUT2D eigenvalue weighted by Crippen LogP contribution is 2.47. The number of nitrogens with zero attached hydrogens (tertiary/aromatic N) is 2. The number of esters is 3. The van der Waals surface area contributed by atoms with Crippen LogP contribution >= 0.6 is 90.4 Å². The van der Waals surface area contributed by atoms with Crippen LogP contribution < -0.4 is 20.0 Å². The van der Waals surface area contributed by atoms with E-state index in [4.69, 9.17) is 18.6 Å². The zero-order chi connectivity index (χ0) is 40.3. The van der Waals surface area contributed by atoms with Gasteiger partial charge in [0.2, 0.25) is 5.43 Å². The smallest absolute Gasteiger partial charge is 0.343 e. The van der Waals surface area contributed by atoms with Crippen LogP contribution in [0.3, 0.4) is 0 Å². The monoisotopic (exact) mass is 1200 g/mol. The molecule has 4 aromatic carbocycles. The fourth-order valence-corrected chi connectivity index (χ4v) is 9.68. The summed E-state index contributed by atoms with van der Waals surface area (Å²) in [7, 11) is 7.70. The van der Waals surface area contributed by atoms with Crippen molar-refractivity contribution in [3.63, 3.8) is 0 Å². The van der Waals surface area contributed by atoms with E-state index in [2.05, 4.69) is 45.2 Å². The molecule has 0 atom stereocenters. The van der Waals surface area contributed by atoms with Crippen LogP contribution in [0.2, 0.25) is 0 Å². The Morgan fingerprint density at radius 2 is 1.20 bits per heavy atom. The predicted octanol–water partition coefficient (Wildman–Crippen LogP) is 10.1. The van der Waals surface area contributed by atoms with Gasteiger partial charge in [-0.2, -0.15) is 0 Å². The Morgan fingerprint density at radius 3 is 1.79 bits per heavy atom. The van der Waals surface area contributed by atoms with Gasteiger partial charge in [-0.05, 0) is 175 Å². The molecule has 0 saturated heterocycles. The number of unbranched alkanes of at least 4 members (excludes halogenated alkanes) is 1. The van der Waals surface area contributed by atoms with E-state index in [0.717, 1.165) is 11.4 Å². The van der Waals surface area contributed by atoms with E-state index in [-0.39, 0.29) is 18.6 Å². The van der Waals surface area contributed by atoms with Gasteiger partial charge in [0, 0.05) is 56.1 Å². The topological polar surface area (TPSA) is 116 Å². The minimum absolute atomic E-state index is 0.117. The Bertz CT molecular complexity index is 2480. The largest absolute Gasteiger partial charge is 0.462 e. The van der Waals surface area contributed by atoms with Gasteiger partial charge in [-0.15, -0.1) is 0 Å². The molecule has 0 bridgehead atoms. The van der Waals surface area contributed by atoms with E-state index in [1.54, 1.807) is 42.5 Å². The zero-order valence-corrected chi connectivity index (χ0v) is 39.2. The van der Waals surface area contributed by atoms with Gasteiger partial charge in [0.05, 0.1) is 37.0 Å². The highest BCUT2D eigenvalue weighted by molar-refractivity contribution is 14.1. The lowest BCUT2D eigenvalue weighted by Crippen LogP contribution is -2.14. The molecule has 2 aliphatic rings. The number of rotatable bonds is 12. The van der Waals surface area contributed by atoms with Crippen molar-refractivity contribution in [2.24, 2.45) is 0 Å². The first-order valence-electron chi connectivity index (χ1n) is 17.2. The van der Waals surface area contributed by atoms with Crippen LogP contribution in [0.15, 0.2) is 94.1 Å². The summed E-state index contributed by atoms with van der Waals surface area (Å²) < 4.78 is 25.7. The maximum absolute atomic E-state index is 13.8. The van der Waals surface area contributed by atoms with Gasteiger partial charge < -0.3 is 28.4 Å². The average Bonchev–Trinajstić information content (AvgIpc) is 3.19. The summed E-state index contributed by atoms with van der Waals surface area (Å²) in [6, 6.07) is 25.1. The predicted molar refractivity (Wildman–Crippen MR) is 252 cm³/mol. The number of carbonyl (C=O) groups is 3. The lowest BCUT2D eigenvalue weighted by Gasteiger charge is -2.20. The van der Waals surface area contributed by atoms with Crippen molar-refractivity contribution in [2.45, 2.75) is 12.8 Å². The van der Waals surface area contributed by atoms with E-state index in [1.165, 1.54) is 0 Å². The molecule has 0 fully saturated rings. The molecule has 10 nitrogen and oxygen atoms in total. The third-order valence-electron chi connectivity index (χ3n) is 8.86. The van der Waals surface area contributed by atoms with Crippen LogP contribution in [0.1, 0.15) is 43.9 Å². The summed E-state index contributed by atoms with van der Waals surface area (Å²) >= 11 is 8.24. The quantitative estimate of drug-likeness (QED) is 0.0386. The third kappa shape index (κ3) is 9.12. The maximum atomic E-state index is 13.8. The van der Waals surface area contributed by atoms with Crippen LogP contribution in [0, 0.1) is 14.3 Å². The molecule has 4 aromatic rings. The van der Waals surface area contributed by atoms with Gasteiger partial charge >= 0.3 is 17.9 Å².